The van der Waals surface area contributed by atoms with Gasteiger partial charge >= 0.3 is 0 Å². The average Bonchev–Trinajstić information content (AvgIpc) is 2.77. The van der Waals surface area contributed by atoms with Crippen molar-refractivity contribution in [3.8, 4) is 11.6 Å². The molecule has 0 aliphatic rings. The van der Waals surface area contributed by atoms with Crippen LogP contribution in [0.25, 0.3) is 0 Å². The number of carbonyl (C=O) groups is 1. The van der Waals surface area contributed by atoms with Crippen molar-refractivity contribution in [3.63, 3.8) is 0 Å². The van der Waals surface area contributed by atoms with Crippen molar-refractivity contribution in [3.05, 3.63) is 89.6 Å². The summed E-state index contributed by atoms with van der Waals surface area (Å²) in [7, 11) is 0. The number of carbonyl (C=O) groups excluding carboxylic acids is 1. The van der Waals surface area contributed by atoms with Crippen LogP contribution in [0.3, 0.4) is 0 Å². The number of benzene rings is 2. The molecular weight excluding hydrogens is 362 g/mol. The Kier molecular flexibility index (Phi) is 7.36. The lowest BCUT2D eigenvalue weighted by Gasteiger charge is -2.18. The number of rotatable bonds is 9. The molecule has 0 aliphatic heterocycles. The molecule has 0 radical (unpaired) electrons. The van der Waals surface area contributed by atoms with Gasteiger partial charge in [-0.2, -0.15) is 0 Å². The largest absolute Gasteiger partial charge is 0.438 e. The average molecular weight is 389 g/mol. The number of aromatic nitrogens is 1. The zero-order chi connectivity index (χ0) is 20.5. The molecule has 5 nitrogen and oxygen atoms in total. The Labute approximate surface area is 172 Å². The van der Waals surface area contributed by atoms with Crippen LogP contribution in [0.2, 0.25) is 0 Å². The zero-order valence-electron chi connectivity index (χ0n) is 17.0. The van der Waals surface area contributed by atoms with Gasteiger partial charge in [0.15, 0.2) is 0 Å². The first-order valence-corrected chi connectivity index (χ1v) is 9.96. The van der Waals surface area contributed by atoms with Crippen molar-refractivity contribution in [2.45, 2.75) is 26.9 Å². The molecule has 5 heteroatoms. The van der Waals surface area contributed by atoms with E-state index in [-0.39, 0.29) is 5.91 Å². The molecule has 3 aromatic rings. The Hall–Kier alpha value is -3.18. The van der Waals surface area contributed by atoms with E-state index in [1.165, 1.54) is 5.56 Å². The third kappa shape index (κ3) is 5.90. The quantitative estimate of drug-likeness (QED) is 0.579. The molecule has 0 saturated heterocycles. The predicted molar refractivity (Wildman–Crippen MR) is 115 cm³/mol. The van der Waals surface area contributed by atoms with Crippen LogP contribution in [0.5, 0.6) is 11.6 Å². The minimum atomic E-state index is -0.212. The van der Waals surface area contributed by atoms with E-state index in [0.717, 1.165) is 25.2 Å². The molecule has 1 N–H and O–H groups in total. The van der Waals surface area contributed by atoms with E-state index < -0.39 is 0 Å². The van der Waals surface area contributed by atoms with Crippen molar-refractivity contribution in [1.82, 2.24) is 15.2 Å². The van der Waals surface area contributed by atoms with Gasteiger partial charge in [-0.3, -0.25) is 9.69 Å². The third-order valence-corrected chi connectivity index (χ3v) is 4.75. The van der Waals surface area contributed by atoms with Gasteiger partial charge in [0, 0.05) is 19.3 Å². The summed E-state index contributed by atoms with van der Waals surface area (Å²) in [5, 5.41) is 2.95. The van der Waals surface area contributed by atoms with Gasteiger partial charge in [-0.15, -0.1) is 0 Å². The summed E-state index contributed by atoms with van der Waals surface area (Å²) >= 11 is 0. The monoisotopic (exact) mass is 389 g/mol. The highest BCUT2D eigenvalue weighted by molar-refractivity contribution is 5.96. The van der Waals surface area contributed by atoms with Crippen molar-refractivity contribution in [2.75, 3.05) is 13.1 Å². The molecule has 3 rings (SSSR count). The fraction of sp³-hybridized carbons (Fsp3) is 0.250. The Morgan fingerprint density at radius 1 is 0.931 bits per heavy atom. The Morgan fingerprint density at radius 2 is 1.62 bits per heavy atom. The van der Waals surface area contributed by atoms with Gasteiger partial charge in [-0.1, -0.05) is 56.3 Å². The maximum absolute atomic E-state index is 12.7. The molecule has 0 spiro atoms. The number of nitrogens with zero attached hydrogens (tertiary/aromatic N) is 2. The lowest BCUT2D eigenvalue weighted by Crippen LogP contribution is -2.24. The molecule has 0 bridgehead atoms. The van der Waals surface area contributed by atoms with Crippen LogP contribution < -0.4 is 10.1 Å². The van der Waals surface area contributed by atoms with E-state index in [4.69, 9.17) is 4.74 Å². The predicted octanol–water partition coefficient (Wildman–Crippen LogP) is 4.65. The third-order valence-electron chi connectivity index (χ3n) is 4.75. The molecule has 29 heavy (non-hydrogen) atoms. The summed E-state index contributed by atoms with van der Waals surface area (Å²) in [5.74, 6) is 0.728. The lowest BCUT2D eigenvalue weighted by molar-refractivity contribution is 0.0948. The minimum absolute atomic E-state index is 0.212. The summed E-state index contributed by atoms with van der Waals surface area (Å²) in [6, 6.07) is 21.1. The van der Waals surface area contributed by atoms with Crippen molar-refractivity contribution in [1.29, 1.82) is 0 Å². The molecule has 0 atom stereocenters. The van der Waals surface area contributed by atoms with Crippen LogP contribution in [-0.2, 0) is 13.1 Å². The van der Waals surface area contributed by atoms with Gasteiger partial charge < -0.3 is 10.1 Å². The first-order valence-electron chi connectivity index (χ1n) is 9.96. The van der Waals surface area contributed by atoms with E-state index in [9.17, 15) is 4.79 Å². The van der Waals surface area contributed by atoms with Crippen LogP contribution in [0, 0.1) is 0 Å². The maximum atomic E-state index is 12.7. The number of pyridine rings is 1. The molecule has 0 saturated carbocycles. The van der Waals surface area contributed by atoms with Gasteiger partial charge in [0.25, 0.3) is 5.91 Å². The molecule has 2 aromatic carbocycles. The van der Waals surface area contributed by atoms with Crippen molar-refractivity contribution in [2.24, 2.45) is 0 Å². The van der Waals surface area contributed by atoms with Crippen LogP contribution in [0.1, 0.15) is 35.3 Å². The van der Waals surface area contributed by atoms with Crippen molar-refractivity contribution < 1.29 is 9.53 Å². The van der Waals surface area contributed by atoms with E-state index in [1.54, 1.807) is 18.3 Å². The van der Waals surface area contributed by atoms with E-state index in [2.05, 4.69) is 53.3 Å². The van der Waals surface area contributed by atoms with Crippen LogP contribution in [-0.4, -0.2) is 28.9 Å². The van der Waals surface area contributed by atoms with Crippen LogP contribution in [0.4, 0.5) is 0 Å². The highest BCUT2D eigenvalue weighted by Crippen LogP contribution is 2.22. The number of ether oxygens (including phenoxy) is 1. The fourth-order valence-electron chi connectivity index (χ4n) is 2.99. The van der Waals surface area contributed by atoms with Gasteiger partial charge in [0.1, 0.15) is 11.3 Å². The number of para-hydroxylation sites is 1. The summed E-state index contributed by atoms with van der Waals surface area (Å²) in [6.07, 6.45) is 1.61. The molecular formula is C24H27N3O2. The molecule has 1 amide bonds. The lowest BCUT2D eigenvalue weighted by atomic mass is 10.1. The molecule has 1 heterocycles. The highest BCUT2D eigenvalue weighted by Gasteiger charge is 2.14. The normalized spacial score (nSPS) is 10.7. The van der Waals surface area contributed by atoms with Crippen LogP contribution in [0.15, 0.2) is 72.9 Å². The summed E-state index contributed by atoms with van der Waals surface area (Å²) < 4.78 is 5.78. The number of hydrogen-bond acceptors (Lipinski definition) is 4. The second-order valence-electron chi connectivity index (χ2n) is 6.73. The summed E-state index contributed by atoms with van der Waals surface area (Å²) in [5.41, 5.74) is 2.74. The Bertz CT molecular complexity index is 907. The summed E-state index contributed by atoms with van der Waals surface area (Å²) in [6.45, 7) is 7.79. The summed E-state index contributed by atoms with van der Waals surface area (Å²) in [4.78, 5) is 19.3. The minimum Gasteiger partial charge on any atom is -0.438 e. The maximum Gasteiger partial charge on any atom is 0.257 e. The van der Waals surface area contributed by atoms with Gasteiger partial charge in [-0.25, -0.2) is 4.98 Å². The number of hydrogen-bond donors (Lipinski definition) is 1. The zero-order valence-corrected chi connectivity index (χ0v) is 17.0. The SMILES string of the molecule is CCN(CC)Cc1ccc(CNC(=O)c2cccnc2Oc2ccccc2)cc1. The molecule has 150 valence electrons. The topological polar surface area (TPSA) is 54.5 Å². The second-order valence-corrected chi connectivity index (χ2v) is 6.73. The fourth-order valence-corrected chi connectivity index (χ4v) is 2.99. The molecule has 0 unspecified atom stereocenters. The van der Waals surface area contributed by atoms with Gasteiger partial charge in [0.05, 0.1) is 0 Å². The van der Waals surface area contributed by atoms with E-state index in [0.29, 0.717) is 23.7 Å². The van der Waals surface area contributed by atoms with E-state index in [1.807, 2.05) is 30.3 Å². The first-order chi connectivity index (χ1) is 14.2. The molecule has 1 aromatic heterocycles. The Morgan fingerprint density at radius 3 is 2.31 bits per heavy atom. The van der Waals surface area contributed by atoms with Crippen LogP contribution >= 0.6 is 0 Å². The highest BCUT2D eigenvalue weighted by atomic mass is 16.5. The standard InChI is InChI=1S/C24H27N3O2/c1-3-27(4-2)18-20-14-12-19(13-15-20)17-26-23(28)22-11-8-16-25-24(22)29-21-9-6-5-7-10-21/h5-16H,3-4,17-18H2,1-2H3,(H,26,28). The van der Waals surface area contributed by atoms with Gasteiger partial charge in [0.2, 0.25) is 5.88 Å². The Balaban J connectivity index is 1.61. The smallest absolute Gasteiger partial charge is 0.257 e. The van der Waals surface area contributed by atoms with E-state index >= 15 is 0 Å². The van der Waals surface area contributed by atoms with Crippen molar-refractivity contribution >= 4 is 5.91 Å². The second kappa shape index (κ2) is 10.4. The number of amides is 1. The number of nitrogens with one attached hydrogen (secondary N) is 1. The molecule has 0 aliphatic carbocycles. The first kappa shape index (κ1) is 20.6. The van der Waals surface area contributed by atoms with Gasteiger partial charge in [-0.05, 0) is 48.5 Å². The molecule has 0 fully saturated rings.